The highest BCUT2D eigenvalue weighted by Gasteiger charge is 2.54. The Morgan fingerprint density at radius 2 is 1.74 bits per heavy atom. The molecule has 0 saturated heterocycles. The van der Waals surface area contributed by atoms with Gasteiger partial charge >= 0.3 is 0 Å². The van der Waals surface area contributed by atoms with E-state index in [0.717, 1.165) is 16.7 Å². The fourth-order valence-corrected chi connectivity index (χ4v) is 5.84. The van der Waals surface area contributed by atoms with Crippen molar-refractivity contribution < 1.29 is 0 Å². The van der Waals surface area contributed by atoms with Crippen LogP contribution in [0.15, 0.2) is 30.5 Å². The van der Waals surface area contributed by atoms with Gasteiger partial charge < -0.3 is 0 Å². The Bertz CT molecular complexity index is 939. The zero-order valence-electron chi connectivity index (χ0n) is 17.0. The monoisotopic (exact) mass is 355 g/mol. The van der Waals surface area contributed by atoms with Gasteiger partial charge in [-0.2, -0.15) is 5.26 Å². The SMILES string of the molecule is [C-]#[N+]c1cc(C#N)cc2c1B(C(C(C)C)(C(C)C)C(C)C)c1cccnc1-2. The highest BCUT2D eigenvalue weighted by atomic mass is 14.7. The lowest BCUT2D eigenvalue weighted by Crippen LogP contribution is -2.56. The lowest BCUT2D eigenvalue weighted by Gasteiger charge is -2.49. The summed E-state index contributed by atoms with van der Waals surface area (Å²) in [6.45, 7) is 21.7. The molecule has 2 aromatic rings. The summed E-state index contributed by atoms with van der Waals surface area (Å²) in [7, 11) is 0. The lowest BCUT2D eigenvalue weighted by atomic mass is 9.22. The maximum atomic E-state index is 9.45. The van der Waals surface area contributed by atoms with E-state index < -0.39 is 0 Å². The normalized spacial score (nSPS) is 12.9. The average Bonchev–Trinajstić information content (AvgIpc) is 2.95. The van der Waals surface area contributed by atoms with Gasteiger partial charge in [0.25, 0.3) is 0 Å². The molecule has 0 radical (unpaired) electrons. The molecule has 27 heavy (non-hydrogen) atoms. The summed E-state index contributed by atoms with van der Waals surface area (Å²) < 4.78 is 0. The molecule has 3 rings (SSSR count). The molecule has 0 atom stereocenters. The Kier molecular flexibility index (Phi) is 4.87. The van der Waals surface area contributed by atoms with Crippen molar-refractivity contribution in [3.05, 3.63) is 47.4 Å². The van der Waals surface area contributed by atoms with Crippen LogP contribution in [0.5, 0.6) is 0 Å². The third kappa shape index (κ3) is 2.59. The highest BCUT2D eigenvalue weighted by Crippen LogP contribution is 2.54. The number of benzene rings is 1. The molecule has 1 aliphatic heterocycles. The van der Waals surface area contributed by atoms with Gasteiger partial charge in [-0.25, -0.2) is 4.85 Å². The third-order valence-electron chi connectivity index (χ3n) is 6.60. The van der Waals surface area contributed by atoms with E-state index in [4.69, 9.17) is 6.57 Å². The van der Waals surface area contributed by atoms with Crippen molar-refractivity contribution in [2.75, 3.05) is 0 Å². The average molecular weight is 355 g/mol. The van der Waals surface area contributed by atoms with Gasteiger partial charge in [0, 0.05) is 11.8 Å². The third-order valence-corrected chi connectivity index (χ3v) is 6.60. The number of aromatic nitrogens is 1. The highest BCUT2D eigenvalue weighted by molar-refractivity contribution is 6.92. The van der Waals surface area contributed by atoms with E-state index in [9.17, 15) is 5.26 Å². The van der Waals surface area contributed by atoms with Crippen molar-refractivity contribution >= 4 is 23.3 Å². The van der Waals surface area contributed by atoms with Crippen LogP contribution < -0.4 is 10.9 Å². The number of nitrogens with zero attached hydrogens (tertiary/aromatic N) is 3. The molecule has 0 spiro atoms. The van der Waals surface area contributed by atoms with Crippen molar-refractivity contribution in [2.45, 2.75) is 46.9 Å². The minimum atomic E-state index is -0.0172. The van der Waals surface area contributed by atoms with Crippen molar-refractivity contribution in [2.24, 2.45) is 17.8 Å². The van der Waals surface area contributed by atoms with Gasteiger partial charge in [-0.05, 0) is 52.3 Å². The number of hydrogen-bond acceptors (Lipinski definition) is 2. The Morgan fingerprint density at radius 3 is 2.26 bits per heavy atom. The molecule has 0 fully saturated rings. The minimum absolute atomic E-state index is 0.0172. The van der Waals surface area contributed by atoms with Crippen LogP contribution in [0.4, 0.5) is 5.69 Å². The first kappa shape index (κ1) is 19.2. The zero-order chi connectivity index (χ0) is 19.9. The molecular formula is C23H26BN3. The van der Waals surface area contributed by atoms with Crippen molar-refractivity contribution in [1.29, 1.82) is 5.26 Å². The van der Waals surface area contributed by atoms with Crippen LogP contribution in [0, 0.1) is 35.7 Å². The fraction of sp³-hybridized carbons (Fsp3) is 0.435. The second-order valence-electron chi connectivity index (χ2n) is 8.52. The predicted octanol–water partition coefficient (Wildman–Crippen LogP) is 4.80. The molecule has 0 N–H and O–H groups in total. The van der Waals surface area contributed by atoms with E-state index >= 15 is 0 Å². The Labute approximate surface area is 163 Å². The molecule has 0 amide bonds. The first-order chi connectivity index (χ1) is 12.8. The molecule has 0 saturated carbocycles. The molecule has 2 heterocycles. The zero-order valence-corrected chi connectivity index (χ0v) is 17.0. The first-order valence-corrected chi connectivity index (χ1v) is 9.71. The summed E-state index contributed by atoms with van der Waals surface area (Å²) in [6.07, 6.45) is 1.81. The van der Waals surface area contributed by atoms with Gasteiger partial charge in [-0.1, -0.05) is 53.1 Å². The van der Waals surface area contributed by atoms with Crippen LogP contribution in [0.2, 0.25) is 5.31 Å². The van der Waals surface area contributed by atoms with Gasteiger partial charge in [0.2, 0.25) is 6.71 Å². The van der Waals surface area contributed by atoms with Gasteiger partial charge in [-0.3, -0.25) is 4.98 Å². The second kappa shape index (κ2) is 6.86. The van der Waals surface area contributed by atoms with E-state index in [2.05, 4.69) is 63.5 Å². The number of nitriles is 1. The Hall–Kier alpha value is -2.59. The summed E-state index contributed by atoms with van der Waals surface area (Å²) in [5, 5.41) is 9.44. The first-order valence-electron chi connectivity index (χ1n) is 9.71. The van der Waals surface area contributed by atoms with Crippen LogP contribution in [-0.2, 0) is 0 Å². The summed E-state index contributed by atoms with van der Waals surface area (Å²) >= 11 is 0. The predicted molar refractivity (Wildman–Crippen MR) is 113 cm³/mol. The second-order valence-corrected chi connectivity index (χ2v) is 8.52. The molecule has 0 bridgehead atoms. The topological polar surface area (TPSA) is 41.0 Å². The summed E-state index contributed by atoms with van der Waals surface area (Å²) in [6, 6.07) is 10.0. The van der Waals surface area contributed by atoms with Gasteiger partial charge in [0.1, 0.15) is 0 Å². The summed E-state index contributed by atoms with van der Waals surface area (Å²) in [5.41, 5.74) is 5.29. The van der Waals surface area contributed by atoms with Gasteiger partial charge in [0.15, 0.2) is 5.69 Å². The number of hydrogen-bond donors (Lipinski definition) is 0. The molecular weight excluding hydrogens is 329 g/mol. The van der Waals surface area contributed by atoms with Crippen molar-refractivity contribution in [3.8, 4) is 17.3 Å². The van der Waals surface area contributed by atoms with Crippen LogP contribution in [-0.4, -0.2) is 11.7 Å². The van der Waals surface area contributed by atoms with E-state index in [1.807, 2.05) is 18.3 Å². The Balaban J connectivity index is 2.47. The number of fused-ring (bicyclic) bond motifs is 3. The molecule has 1 aromatic carbocycles. The molecule has 136 valence electrons. The lowest BCUT2D eigenvalue weighted by molar-refractivity contribution is 0.229. The molecule has 0 unspecified atom stereocenters. The maximum Gasteiger partial charge on any atom is 0.208 e. The quantitative estimate of drug-likeness (QED) is 0.584. The van der Waals surface area contributed by atoms with Crippen LogP contribution in [0.3, 0.4) is 0 Å². The Morgan fingerprint density at radius 1 is 1.11 bits per heavy atom. The van der Waals surface area contributed by atoms with E-state index in [-0.39, 0.29) is 12.0 Å². The number of pyridine rings is 1. The van der Waals surface area contributed by atoms with Crippen LogP contribution in [0.25, 0.3) is 16.1 Å². The van der Waals surface area contributed by atoms with Crippen molar-refractivity contribution in [3.63, 3.8) is 0 Å². The molecule has 3 nitrogen and oxygen atoms in total. The van der Waals surface area contributed by atoms with Crippen molar-refractivity contribution in [1.82, 2.24) is 4.98 Å². The minimum Gasteiger partial charge on any atom is -0.257 e. The molecule has 4 heteroatoms. The van der Waals surface area contributed by atoms with E-state index in [0.29, 0.717) is 29.0 Å². The summed E-state index contributed by atoms with van der Waals surface area (Å²) in [5.74, 6) is 1.28. The standard InChI is InChI=1S/C23H26BN3/c1-14(2)23(15(3)4,16(5)6)24-19-9-8-10-27-22(19)18-11-17(13-25)12-20(26-7)21(18)24/h8-12,14-16H,1-6H3. The molecule has 1 aliphatic rings. The smallest absolute Gasteiger partial charge is 0.208 e. The fourth-order valence-electron chi connectivity index (χ4n) is 5.84. The molecule has 0 aliphatic carbocycles. The largest absolute Gasteiger partial charge is 0.257 e. The van der Waals surface area contributed by atoms with E-state index in [1.54, 1.807) is 6.07 Å². The van der Waals surface area contributed by atoms with E-state index in [1.165, 1.54) is 5.46 Å². The number of rotatable bonds is 4. The maximum absolute atomic E-state index is 9.45. The summed E-state index contributed by atoms with van der Waals surface area (Å²) in [4.78, 5) is 8.53. The van der Waals surface area contributed by atoms with Gasteiger partial charge in [-0.15, -0.1) is 0 Å². The van der Waals surface area contributed by atoms with Crippen LogP contribution in [0.1, 0.15) is 47.1 Å². The molecule has 1 aromatic heterocycles. The van der Waals surface area contributed by atoms with Gasteiger partial charge in [0.05, 0.1) is 18.3 Å². The van der Waals surface area contributed by atoms with Crippen LogP contribution >= 0.6 is 0 Å².